The molecule has 7 heteroatoms. The molecule has 19 heavy (non-hydrogen) atoms. The van der Waals surface area contributed by atoms with Crippen molar-refractivity contribution in [2.45, 2.75) is 25.7 Å². The lowest BCUT2D eigenvalue weighted by Crippen LogP contribution is -2.23. The lowest BCUT2D eigenvalue weighted by atomic mass is 10.3. The number of aromatic nitrogens is 3. The van der Waals surface area contributed by atoms with E-state index < -0.39 is 14.2 Å². The number of nitrogens with zero attached hydrogens (tertiary/aromatic N) is 2. The van der Waals surface area contributed by atoms with Crippen LogP contribution in [0.2, 0.25) is 25.7 Å². The largest absolute Gasteiger partial charge is 0.513 e. The van der Waals surface area contributed by atoms with Crippen molar-refractivity contribution >= 4 is 25.3 Å². The van der Waals surface area contributed by atoms with Crippen LogP contribution in [0.1, 0.15) is 0 Å². The highest BCUT2D eigenvalue weighted by Gasteiger charge is 2.15. The first-order valence-electron chi connectivity index (χ1n) is 6.10. The smallest absolute Gasteiger partial charge is 0.434 e. The van der Waals surface area contributed by atoms with Crippen molar-refractivity contribution in [1.29, 1.82) is 0 Å². The molecule has 0 atom stereocenters. The van der Waals surface area contributed by atoms with Gasteiger partial charge in [0, 0.05) is 8.07 Å². The first kappa shape index (κ1) is 13.5. The van der Waals surface area contributed by atoms with Gasteiger partial charge in [0.1, 0.15) is 0 Å². The molecule has 1 N–H and O–H groups in total. The van der Waals surface area contributed by atoms with Gasteiger partial charge in [0.25, 0.3) is 0 Å². The Kier molecular flexibility index (Phi) is 3.84. The number of carbonyl (C=O) groups is 1. The summed E-state index contributed by atoms with van der Waals surface area (Å²) in [6, 6.07) is 6.13. The van der Waals surface area contributed by atoms with Crippen molar-refractivity contribution < 1.29 is 14.3 Å². The highest BCUT2D eigenvalue weighted by molar-refractivity contribution is 6.76. The molecule has 0 spiro atoms. The van der Waals surface area contributed by atoms with Gasteiger partial charge in [0.2, 0.25) is 0 Å². The normalized spacial score (nSPS) is 11.5. The lowest BCUT2D eigenvalue weighted by molar-refractivity contribution is 0.104. The Labute approximate surface area is 112 Å². The predicted octanol–water partition coefficient (Wildman–Crippen LogP) is 2.81. The van der Waals surface area contributed by atoms with Crippen molar-refractivity contribution in [1.82, 2.24) is 15.4 Å². The Morgan fingerprint density at radius 2 is 2.16 bits per heavy atom. The van der Waals surface area contributed by atoms with E-state index in [2.05, 4.69) is 35.1 Å². The maximum atomic E-state index is 11.6. The number of carbonyl (C=O) groups excluding carboxylic acids is 1. The fraction of sp³-hybridized carbons (Fsp3) is 0.417. The van der Waals surface area contributed by atoms with Crippen LogP contribution in [0.25, 0.3) is 11.0 Å². The molecule has 0 fully saturated rings. The van der Waals surface area contributed by atoms with Crippen molar-refractivity contribution in [2.24, 2.45) is 0 Å². The molecule has 0 aliphatic rings. The monoisotopic (exact) mass is 279 g/mol. The standard InChI is InChI=1S/C12H17N3O3Si/c1-19(2,3)8-7-17-12(16)18-10-6-4-5-9-11(10)14-15-13-9/h4-6H,7-8H2,1-3H3,(H,13,14,15). The van der Waals surface area contributed by atoms with Gasteiger partial charge in [-0.3, -0.25) is 5.10 Å². The summed E-state index contributed by atoms with van der Waals surface area (Å²) in [5.41, 5.74) is 1.23. The summed E-state index contributed by atoms with van der Waals surface area (Å²) in [6.07, 6.45) is -0.700. The van der Waals surface area contributed by atoms with Gasteiger partial charge in [0.15, 0.2) is 11.3 Å². The summed E-state index contributed by atoms with van der Waals surface area (Å²) in [6.45, 7) is 7.05. The van der Waals surface area contributed by atoms with E-state index in [0.29, 0.717) is 23.4 Å². The molecule has 0 bridgehead atoms. The Morgan fingerprint density at radius 1 is 1.37 bits per heavy atom. The van der Waals surface area contributed by atoms with Gasteiger partial charge in [0.05, 0.1) is 12.1 Å². The van der Waals surface area contributed by atoms with Crippen molar-refractivity contribution in [3.05, 3.63) is 18.2 Å². The van der Waals surface area contributed by atoms with E-state index in [9.17, 15) is 4.79 Å². The van der Waals surface area contributed by atoms with Gasteiger partial charge < -0.3 is 9.47 Å². The van der Waals surface area contributed by atoms with Crippen LogP contribution in [0.5, 0.6) is 5.75 Å². The number of benzene rings is 1. The number of aromatic amines is 1. The van der Waals surface area contributed by atoms with Crippen LogP contribution in [-0.2, 0) is 4.74 Å². The highest BCUT2D eigenvalue weighted by Crippen LogP contribution is 2.21. The molecular formula is C12H17N3O3Si. The molecule has 102 valence electrons. The topological polar surface area (TPSA) is 77.1 Å². The summed E-state index contributed by atoms with van der Waals surface area (Å²) in [5.74, 6) is 0.351. The zero-order chi connectivity index (χ0) is 13.9. The van der Waals surface area contributed by atoms with E-state index in [1.807, 2.05) is 0 Å². The molecule has 2 aromatic rings. The number of hydrogen-bond acceptors (Lipinski definition) is 5. The van der Waals surface area contributed by atoms with Gasteiger partial charge >= 0.3 is 6.16 Å². The lowest BCUT2D eigenvalue weighted by Gasteiger charge is -2.14. The second-order valence-electron chi connectivity index (χ2n) is 5.48. The fourth-order valence-corrected chi connectivity index (χ4v) is 2.20. The van der Waals surface area contributed by atoms with Gasteiger partial charge in [-0.05, 0) is 18.2 Å². The summed E-state index contributed by atoms with van der Waals surface area (Å²) in [7, 11) is -1.21. The van der Waals surface area contributed by atoms with E-state index in [-0.39, 0.29) is 0 Å². The first-order valence-corrected chi connectivity index (χ1v) is 9.81. The predicted molar refractivity (Wildman–Crippen MR) is 74.0 cm³/mol. The minimum atomic E-state index is -1.21. The number of nitrogens with one attached hydrogen (secondary N) is 1. The van der Waals surface area contributed by atoms with Crippen LogP contribution in [0.15, 0.2) is 18.2 Å². The molecule has 0 unspecified atom stereocenters. The maximum Gasteiger partial charge on any atom is 0.513 e. The SMILES string of the molecule is C[Si](C)(C)CCOC(=O)Oc1cccc2[nH]nnc12. The quantitative estimate of drug-likeness (QED) is 0.529. The minimum Gasteiger partial charge on any atom is -0.434 e. The molecule has 0 saturated heterocycles. The Hall–Kier alpha value is -1.89. The number of rotatable bonds is 4. The minimum absolute atomic E-state index is 0.351. The Balaban J connectivity index is 1.94. The van der Waals surface area contributed by atoms with Crippen LogP contribution in [0, 0.1) is 0 Å². The summed E-state index contributed by atoms with van der Waals surface area (Å²) in [5, 5.41) is 10.2. The molecule has 6 nitrogen and oxygen atoms in total. The molecular weight excluding hydrogens is 262 g/mol. The molecule has 1 aromatic heterocycles. The second-order valence-corrected chi connectivity index (χ2v) is 11.1. The van der Waals surface area contributed by atoms with Crippen molar-refractivity contribution in [2.75, 3.05) is 6.61 Å². The van der Waals surface area contributed by atoms with Crippen LogP contribution in [-0.4, -0.2) is 36.2 Å². The van der Waals surface area contributed by atoms with E-state index in [0.717, 1.165) is 6.04 Å². The zero-order valence-electron chi connectivity index (χ0n) is 11.3. The molecule has 0 amide bonds. The third kappa shape index (κ3) is 3.78. The van der Waals surface area contributed by atoms with E-state index >= 15 is 0 Å². The third-order valence-corrected chi connectivity index (χ3v) is 4.29. The van der Waals surface area contributed by atoms with Gasteiger partial charge in [-0.2, -0.15) is 0 Å². The van der Waals surface area contributed by atoms with Crippen molar-refractivity contribution in [3.63, 3.8) is 0 Å². The van der Waals surface area contributed by atoms with Crippen LogP contribution in [0.3, 0.4) is 0 Å². The Morgan fingerprint density at radius 3 is 2.89 bits per heavy atom. The summed E-state index contributed by atoms with van der Waals surface area (Å²) >= 11 is 0. The molecule has 1 aromatic carbocycles. The van der Waals surface area contributed by atoms with Crippen molar-refractivity contribution in [3.8, 4) is 5.75 Å². The number of hydrogen-bond donors (Lipinski definition) is 1. The molecule has 0 aliphatic carbocycles. The van der Waals surface area contributed by atoms with E-state index in [1.165, 1.54) is 0 Å². The average Bonchev–Trinajstić information content (AvgIpc) is 2.76. The zero-order valence-corrected chi connectivity index (χ0v) is 12.3. The maximum absolute atomic E-state index is 11.6. The second kappa shape index (κ2) is 5.39. The van der Waals surface area contributed by atoms with Gasteiger partial charge in [-0.15, -0.1) is 5.10 Å². The van der Waals surface area contributed by atoms with E-state index in [4.69, 9.17) is 9.47 Å². The molecule has 1 heterocycles. The third-order valence-electron chi connectivity index (χ3n) is 2.58. The van der Waals surface area contributed by atoms with Crippen LogP contribution in [0.4, 0.5) is 4.79 Å². The van der Waals surface area contributed by atoms with Gasteiger partial charge in [-0.1, -0.05) is 30.9 Å². The molecule has 0 radical (unpaired) electrons. The van der Waals surface area contributed by atoms with E-state index in [1.54, 1.807) is 18.2 Å². The number of fused-ring (bicyclic) bond motifs is 1. The van der Waals surface area contributed by atoms with Crippen LogP contribution >= 0.6 is 0 Å². The van der Waals surface area contributed by atoms with Crippen LogP contribution < -0.4 is 4.74 Å². The summed E-state index contributed by atoms with van der Waals surface area (Å²) in [4.78, 5) is 11.6. The average molecular weight is 279 g/mol. The molecule has 0 saturated carbocycles. The highest BCUT2D eigenvalue weighted by atomic mass is 28.3. The molecule has 2 rings (SSSR count). The summed E-state index contributed by atoms with van der Waals surface area (Å²) < 4.78 is 10.2. The Bertz CT molecular complexity index is 577. The first-order chi connectivity index (χ1) is 8.96. The molecule has 0 aliphatic heterocycles. The fourth-order valence-electron chi connectivity index (χ4n) is 1.49. The number of ether oxygens (including phenoxy) is 2. The van der Waals surface area contributed by atoms with Gasteiger partial charge in [-0.25, -0.2) is 4.79 Å². The number of H-pyrrole nitrogens is 1.